The van der Waals surface area contributed by atoms with E-state index in [1.807, 2.05) is 18.2 Å². The van der Waals surface area contributed by atoms with Crippen molar-refractivity contribution in [2.45, 2.75) is 24.7 Å². The van der Waals surface area contributed by atoms with Gasteiger partial charge in [0.25, 0.3) is 0 Å². The Morgan fingerprint density at radius 1 is 0.722 bits per heavy atom. The molecule has 0 saturated carbocycles. The molecule has 2 atom stereocenters. The van der Waals surface area contributed by atoms with Gasteiger partial charge in [0.15, 0.2) is 5.78 Å². The van der Waals surface area contributed by atoms with Crippen LogP contribution in [-0.2, 0) is 0 Å². The second-order valence-corrected chi connectivity index (χ2v) is 5.26. The average Bonchev–Trinajstić information content (AvgIpc) is 2.64. The number of ketones is 1. The maximum Gasteiger partial charge on any atom is 0.170 e. The highest BCUT2D eigenvalue weighted by molar-refractivity contribution is 6.04. The fraction of sp³-hybridized carbons (Fsp3) is 0.235. The van der Waals surface area contributed by atoms with Gasteiger partial charge in [-0.15, -0.1) is 0 Å². The second kappa shape index (κ2) is 3.55. The first kappa shape index (κ1) is 10.1. The molecule has 18 heavy (non-hydrogen) atoms. The van der Waals surface area contributed by atoms with Gasteiger partial charge >= 0.3 is 0 Å². The summed E-state index contributed by atoms with van der Waals surface area (Å²) in [5.41, 5.74) is 4.80. The lowest BCUT2D eigenvalue weighted by Crippen LogP contribution is -2.15. The number of benzene rings is 2. The van der Waals surface area contributed by atoms with E-state index in [4.69, 9.17) is 0 Å². The fourth-order valence-corrected chi connectivity index (χ4v) is 3.60. The van der Waals surface area contributed by atoms with Crippen molar-refractivity contribution in [3.05, 3.63) is 70.8 Å². The van der Waals surface area contributed by atoms with Gasteiger partial charge in [0.2, 0.25) is 0 Å². The van der Waals surface area contributed by atoms with Crippen LogP contribution >= 0.6 is 0 Å². The fourth-order valence-electron chi connectivity index (χ4n) is 3.60. The maximum atomic E-state index is 12.7. The van der Waals surface area contributed by atoms with E-state index in [-0.39, 0.29) is 5.92 Å². The van der Waals surface area contributed by atoms with Crippen LogP contribution in [-0.4, -0.2) is 5.78 Å². The number of Topliss-reactive ketones (excluding diaryl/α,β-unsaturated/α-hetero) is 1. The zero-order valence-electron chi connectivity index (χ0n) is 10.1. The van der Waals surface area contributed by atoms with Crippen LogP contribution in [0.5, 0.6) is 0 Å². The molecule has 3 aliphatic carbocycles. The molecular formula is C17H14O. The highest BCUT2D eigenvalue weighted by Crippen LogP contribution is 2.47. The summed E-state index contributed by atoms with van der Waals surface area (Å²) in [6.07, 6.45) is 2.10. The van der Waals surface area contributed by atoms with Gasteiger partial charge in [-0.25, -0.2) is 0 Å². The molecule has 0 unspecified atom stereocenters. The minimum Gasteiger partial charge on any atom is -0.293 e. The molecule has 1 heteroatoms. The van der Waals surface area contributed by atoms with Crippen LogP contribution in [0.2, 0.25) is 0 Å². The molecular weight excluding hydrogens is 220 g/mol. The van der Waals surface area contributed by atoms with E-state index in [1.54, 1.807) is 0 Å². The summed E-state index contributed by atoms with van der Waals surface area (Å²) in [5, 5.41) is 0. The zero-order valence-corrected chi connectivity index (χ0v) is 10.1. The maximum absolute atomic E-state index is 12.7. The van der Waals surface area contributed by atoms with Crippen molar-refractivity contribution in [2.75, 3.05) is 0 Å². The van der Waals surface area contributed by atoms with Crippen molar-refractivity contribution in [3.63, 3.8) is 0 Å². The molecule has 2 aromatic rings. The van der Waals surface area contributed by atoms with Crippen molar-refractivity contribution in [2.24, 2.45) is 0 Å². The Labute approximate surface area is 106 Å². The molecule has 0 fully saturated rings. The van der Waals surface area contributed by atoms with Crippen LogP contribution in [0.15, 0.2) is 48.5 Å². The number of carbonyl (C=O) groups excluding carboxylic acids is 1. The highest BCUT2D eigenvalue weighted by Gasteiger charge is 2.38. The molecule has 3 aliphatic rings. The molecule has 0 aromatic heterocycles. The Morgan fingerprint density at radius 3 is 2.06 bits per heavy atom. The molecule has 2 aromatic carbocycles. The van der Waals surface area contributed by atoms with Crippen molar-refractivity contribution in [3.8, 4) is 0 Å². The molecule has 0 heterocycles. The third-order valence-corrected chi connectivity index (χ3v) is 4.41. The topological polar surface area (TPSA) is 17.1 Å². The Hall–Kier alpha value is -1.89. The molecule has 0 spiro atoms. The van der Waals surface area contributed by atoms with Crippen LogP contribution in [0.4, 0.5) is 0 Å². The average molecular weight is 234 g/mol. The number of fused-ring (bicyclic) bond motifs is 1. The van der Waals surface area contributed by atoms with E-state index in [0.717, 1.165) is 18.4 Å². The Morgan fingerprint density at radius 2 is 1.28 bits per heavy atom. The molecule has 0 saturated heterocycles. The van der Waals surface area contributed by atoms with E-state index in [9.17, 15) is 4.79 Å². The molecule has 1 nitrogen and oxygen atoms in total. The summed E-state index contributed by atoms with van der Waals surface area (Å²) in [6.45, 7) is 0. The summed E-state index contributed by atoms with van der Waals surface area (Å²) in [7, 11) is 0. The first-order valence-corrected chi connectivity index (χ1v) is 6.58. The highest BCUT2D eigenvalue weighted by atomic mass is 16.1. The third-order valence-electron chi connectivity index (χ3n) is 4.41. The summed E-state index contributed by atoms with van der Waals surface area (Å²) >= 11 is 0. The van der Waals surface area contributed by atoms with Crippen LogP contribution in [0.1, 0.15) is 51.7 Å². The summed E-state index contributed by atoms with van der Waals surface area (Å²) in [6, 6.07) is 16.6. The lowest BCUT2D eigenvalue weighted by molar-refractivity contribution is 0.0956. The molecule has 88 valence electrons. The SMILES string of the molecule is O=C1c2ccccc2[C@@H]2CC[C@@H]1c1ccccc12. The van der Waals surface area contributed by atoms with Gasteiger partial charge in [0.1, 0.15) is 0 Å². The van der Waals surface area contributed by atoms with Crippen LogP contribution in [0.25, 0.3) is 0 Å². The Bertz CT molecular complexity index is 642. The summed E-state index contributed by atoms with van der Waals surface area (Å²) in [5.74, 6) is 0.819. The quantitative estimate of drug-likeness (QED) is 0.675. The van der Waals surface area contributed by atoms with Gasteiger partial charge in [-0.05, 0) is 29.5 Å². The van der Waals surface area contributed by atoms with Crippen molar-refractivity contribution in [1.29, 1.82) is 0 Å². The number of carbonyl (C=O) groups is 1. The van der Waals surface area contributed by atoms with E-state index in [1.165, 1.54) is 16.7 Å². The second-order valence-electron chi connectivity index (χ2n) is 5.26. The lowest BCUT2D eigenvalue weighted by atomic mass is 9.77. The number of hydrogen-bond donors (Lipinski definition) is 0. The van der Waals surface area contributed by atoms with Crippen molar-refractivity contribution in [1.82, 2.24) is 0 Å². The van der Waals surface area contributed by atoms with Crippen LogP contribution < -0.4 is 0 Å². The van der Waals surface area contributed by atoms with Gasteiger partial charge in [-0.2, -0.15) is 0 Å². The molecule has 0 aliphatic heterocycles. The van der Waals surface area contributed by atoms with Crippen molar-refractivity contribution < 1.29 is 4.79 Å². The monoisotopic (exact) mass is 234 g/mol. The Kier molecular flexibility index (Phi) is 1.99. The number of rotatable bonds is 0. The van der Waals surface area contributed by atoms with E-state index >= 15 is 0 Å². The zero-order chi connectivity index (χ0) is 12.1. The third kappa shape index (κ3) is 1.19. The summed E-state index contributed by atoms with van der Waals surface area (Å²) < 4.78 is 0. The predicted octanol–water partition coefficient (Wildman–Crippen LogP) is 3.89. The minimum atomic E-state index is 0.0844. The predicted molar refractivity (Wildman–Crippen MR) is 71.0 cm³/mol. The van der Waals surface area contributed by atoms with Crippen LogP contribution in [0, 0.1) is 0 Å². The molecule has 0 amide bonds. The lowest BCUT2D eigenvalue weighted by Gasteiger charge is -2.26. The first-order valence-electron chi connectivity index (χ1n) is 6.58. The van der Waals surface area contributed by atoms with Crippen molar-refractivity contribution >= 4 is 5.78 Å². The standard InChI is InChI=1S/C17H14O/c18-17-15-8-4-3-7-13(15)14-9-10-16(17)12-6-2-1-5-11(12)14/h1-8,14,16H,9-10H2/t14-,16-/m1/s1. The van der Waals surface area contributed by atoms with Gasteiger partial charge in [-0.1, -0.05) is 48.5 Å². The van der Waals surface area contributed by atoms with E-state index < -0.39 is 0 Å². The van der Waals surface area contributed by atoms with Gasteiger partial charge < -0.3 is 0 Å². The van der Waals surface area contributed by atoms with Crippen LogP contribution in [0.3, 0.4) is 0 Å². The summed E-state index contributed by atoms with van der Waals surface area (Å²) in [4.78, 5) is 12.7. The minimum absolute atomic E-state index is 0.0844. The van der Waals surface area contributed by atoms with E-state index in [2.05, 4.69) is 30.3 Å². The molecule has 5 rings (SSSR count). The normalized spacial score (nSPS) is 24.3. The van der Waals surface area contributed by atoms with Gasteiger partial charge in [0, 0.05) is 17.4 Å². The van der Waals surface area contributed by atoms with Gasteiger partial charge in [-0.3, -0.25) is 4.79 Å². The van der Waals surface area contributed by atoms with Gasteiger partial charge in [0.05, 0.1) is 0 Å². The molecule has 2 bridgehead atoms. The smallest absolute Gasteiger partial charge is 0.170 e. The first-order chi connectivity index (χ1) is 8.86. The number of hydrogen-bond acceptors (Lipinski definition) is 1. The molecule has 0 N–H and O–H groups in total. The largest absolute Gasteiger partial charge is 0.293 e. The van der Waals surface area contributed by atoms with E-state index in [0.29, 0.717) is 11.7 Å². The Balaban J connectivity index is 2.07. The molecule has 0 radical (unpaired) electrons.